The zero-order valence-electron chi connectivity index (χ0n) is 13.6. The van der Waals surface area contributed by atoms with E-state index in [1.54, 1.807) is 6.07 Å². The molecule has 0 saturated heterocycles. The van der Waals surface area contributed by atoms with Gasteiger partial charge in [-0.2, -0.15) is 12.7 Å². The van der Waals surface area contributed by atoms with Crippen molar-refractivity contribution in [1.82, 2.24) is 14.3 Å². The molecule has 1 atom stereocenters. The van der Waals surface area contributed by atoms with Crippen LogP contribution < -0.4 is 10.0 Å². The fourth-order valence-corrected chi connectivity index (χ4v) is 2.45. The van der Waals surface area contributed by atoms with Crippen molar-refractivity contribution < 1.29 is 22.3 Å². The van der Waals surface area contributed by atoms with Gasteiger partial charge in [-0.05, 0) is 13.0 Å². The fourth-order valence-electron chi connectivity index (χ4n) is 1.83. The van der Waals surface area contributed by atoms with Gasteiger partial charge in [0, 0.05) is 39.9 Å². The topological polar surface area (TPSA) is 87.7 Å². The van der Waals surface area contributed by atoms with Crippen molar-refractivity contribution in [3.05, 3.63) is 35.6 Å². The molecule has 7 nitrogen and oxygen atoms in total. The lowest BCUT2D eigenvalue weighted by Crippen LogP contribution is -2.47. The first-order valence-corrected chi connectivity index (χ1v) is 8.34. The Morgan fingerprint density at radius 2 is 1.91 bits per heavy atom. The molecule has 130 valence electrons. The molecule has 0 saturated carbocycles. The Kier molecular flexibility index (Phi) is 6.63. The number of hydrogen-bond donors (Lipinski definition) is 2. The number of amides is 1. The molecule has 0 aliphatic rings. The molecule has 1 aromatic rings. The average molecular weight is 347 g/mol. The summed E-state index contributed by atoms with van der Waals surface area (Å²) < 4.78 is 45.5. The first-order chi connectivity index (χ1) is 10.6. The maximum atomic E-state index is 13.9. The Morgan fingerprint density at radius 1 is 1.30 bits per heavy atom. The smallest absolute Gasteiger partial charge is 0.278 e. The first-order valence-electron chi connectivity index (χ1n) is 6.90. The Hall–Kier alpha value is -1.55. The summed E-state index contributed by atoms with van der Waals surface area (Å²) in [6, 6.07) is 5.83. The van der Waals surface area contributed by atoms with Gasteiger partial charge in [-0.25, -0.2) is 9.11 Å². The van der Waals surface area contributed by atoms with Crippen molar-refractivity contribution in [2.45, 2.75) is 12.5 Å². The van der Waals surface area contributed by atoms with Crippen LogP contribution in [0.5, 0.6) is 0 Å². The molecule has 0 spiro atoms. The lowest BCUT2D eigenvalue weighted by molar-refractivity contribution is -0.142. The average Bonchev–Trinajstić information content (AvgIpc) is 2.50. The summed E-state index contributed by atoms with van der Waals surface area (Å²) in [5.41, 5.74) is -1.40. The highest BCUT2D eigenvalue weighted by molar-refractivity contribution is 7.87. The third-order valence-electron chi connectivity index (χ3n) is 3.41. The highest BCUT2D eigenvalue weighted by Crippen LogP contribution is 2.27. The van der Waals surface area contributed by atoms with Gasteiger partial charge in [0.05, 0.1) is 0 Å². The van der Waals surface area contributed by atoms with Gasteiger partial charge in [-0.15, -0.1) is 0 Å². The summed E-state index contributed by atoms with van der Waals surface area (Å²) in [5.74, 6) is -1.12. The molecular weight excluding hydrogens is 325 g/mol. The predicted molar refractivity (Wildman–Crippen MR) is 84.4 cm³/mol. The van der Waals surface area contributed by atoms with Gasteiger partial charge in [0.1, 0.15) is 5.82 Å². The van der Waals surface area contributed by atoms with E-state index in [-0.39, 0.29) is 18.7 Å². The Bertz CT molecular complexity index is 651. The summed E-state index contributed by atoms with van der Waals surface area (Å²) in [6.45, 7) is 1.49. The van der Waals surface area contributed by atoms with E-state index >= 15 is 0 Å². The summed E-state index contributed by atoms with van der Waals surface area (Å²) in [6.07, 6.45) is 0. The number of hydrogen-bond acceptors (Lipinski definition) is 4. The van der Waals surface area contributed by atoms with Gasteiger partial charge < -0.3 is 10.1 Å². The number of rotatable bonds is 8. The maximum absolute atomic E-state index is 13.9. The molecule has 23 heavy (non-hydrogen) atoms. The van der Waals surface area contributed by atoms with Crippen LogP contribution in [0.3, 0.4) is 0 Å². The minimum Gasteiger partial charge on any atom is -0.364 e. The van der Waals surface area contributed by atoms with Gasteiger partial charge in [0.15, 0.2) is 5.60 Å². The van der Waals surface area contributed by atoms with Crippen LogP contribution in [0.1, 0.15) is 12.5 Å². The van der Waals surface area contributed by atoms with Gasteiger partial charge in [-0.1, -0.05) is 18.2 Å². The Balaban J connectivity index is 2.70. The van der Waals surface area contributed by atoms with Crippen molar-refractivity contribution in [1.29, 1.82) is 0 Å². The van der Waals surface area contributed by atoms with Crippen LogP contribution in [-0.2, 0) is 25.3 Å². The van der Waals surface area contributed by atoms with Crippen LogP contribution in [0.25, 0.3) is 0 Å². The predicted octanol–water partition coefficient (Wildman–Crippen LogP) is 0.200. The molecule has 0 radical (unpaired) electrons. The van der Waals surface area contributed by atoms with Crippen LogP contribution in [0.2, 0.25) is 0 Å². The van der Waals surface area contributed by atoms with Crippen molar-refractivity contribution in [3.63, 3.8) is 0 Å². The van der Waals surface area contributed by atoms with Crippen LogP contribution in [0.15, 0.2) is 24.3 Å². The second kappa shape index (κ2) is 7.82. The molecule has 0 fully saturated rings. The summed E-state index contributed by atoms with van der Waals surface area (Å²) in [7, 11) is 0.531. The lowest BCUT2D eigenvalue weighted by atomic mass is 9.94. The minimum atomic E-state index is -3.56. The van der Waals surface area contributed by atoms with Crippen LogP contribution in [-0.4, -0.2) is 52.9 Å². The van der Waals surface area contributed by atoms with E-state index in [2.05, 4.69) is 10.0 Å². The number of carbonyl (C=O) groups excluding carboxylic acids is 1. The minimum absolute atomic E-state index is 0.00329. The van der Waals surface area contributed by atoms with Crippen LogP contribution >= 0.6 is 0 Å². The molecule has 0 aliphatic carbocycles. The van der Waals surface area contributed by atoms with E-state index in [4.69, 9.17) is 4.74 Å². The van der Waals surface area contributed by atoms with E-state index in [0.717, 1.165) is 4.31 Å². The van der Waals surface area contributed by atoms with Crippen molar-refractivity contribution in [2.24, 2.45) is 0 Å². The summed E-state index contributed by atoms with van der Waals surface area (Å²) >= 11 is 0. The molecular formula is C14H22FN3O4S. The summed E-state index contributed by atoms with van der Waals surface area (Å²) in [5, 5.41) is 2.54. The second-order valence-corrected chi connectivity index (χ2v) is 7.12. The third kappa shape index (κ3) is 4.71. The number of methoxy groups -OCH3 is 1. The lowest BCUT2D eigenvalue weighted by Gasteiger charge is -2.27. The van der Waals surface area contributed by atoms with Crippen molar-refractivity contribution >= 4 is 16.1 Å². The second-order valence-electron chi connectivity index (χ2n) is 5.15. The van der Waals surface area contributed by atoms with Gasteiger partial charge in [-0.3, -0.25) is 4.79 Å². The van der Waals surface area contributed by atoms with Gasteiger partial charge in [0.2, 0.25) is 0 Å². The largest absolute Gasteiger partial charge is 0.364 e. The molecule has 2 N–H and O–H groups in total. The highest BCUT2D eigenvalue weighted by atomic mass is 32.2. The summed E-state index contributed by atoms with van der Waals surface area (Å²) in [4.78, 5) is 12.3. The molecule has 0 heterocycles. The number of halogens is 1. The highest BCUT2D eigenvalue weighted by Gasteiger charge is 2.37. The SMILES string of the molecule is COC(C)(C(=O)NCCNS(=O)(=O)N(C)C)c1ccccc1F. The van der Waals surface area contributed by atoms with Crippen LogP contribution in [0, 0.1) is 5.82 Å². The first kappa shape index (κ1) is 19.5. The van der Waals surface area contributed by atoms with E-state index in [0.29, 0.717) is 0 Å². The molecule has 0 bridgehead atoms. The number of benzene rings is 1. The Morgan fingerprint density at radius 3 is 2.43 bits per heavy atom. The zero-order chi connectivity index (χ0) is 17.7. The molecule has 1 unspecified atom stereocenters. The maximum Gasteiger partial charge on any atom is 0.278 e. The zero-order valence-corrected chi connectivity index (χ0v) is 14.4. The van der Waals surface area contributed by atoms with Crippen LogP contribution in [0.4, 0.5) is 4.39 Å². The molecule has 1 aromatic carbocycles. The van der Waals surface area contributed by atoms with E-state index in [1.165, 1.54) is 46.3 Å². The number of ether oxygens (including phenoxy) is 1. The van der Waals surface area contributed by atoms with Crippen molar-refractivity contribution in [2.75, 3.05) is 34.3 Å². The van der Waals surface area contributed by atoms with E-state index in [1.807, 2.05) is 0 Å². The number of carbonyl (C=O) groups is 1. The Labute approximate surface area is 136 Å². The van der Waals surface area contributed by atoms with Crippen molar-refractivity contribution in [3.8, 4) is 0 Å². The number of nitrogens with one attached hydrogen (secondary N) is 2. The van der Waals surface area contributed by atoms with Gasteiger partial charge in [0.25, 0.3) is 16.1 Å². The molecule has 1 amide bonds. The quantitative estimate of drug-likeness (QED) is 0.658. The third-order valence-corrected chi connectivity index (χ3v) is 4.94. The number of nitrogens with zero attached hydrogens (tertiary/aromatic N) is 1. The fraction of sp³-hybridized carbons (Fsp3) is 0.500. The van der Waals surface area contributed by atoms with E-state index in [9.17, 15) is 17.6 Å². The standard InChI is InChI=1S/C14H22FN3O4S/c1-14(22-4,11-7-5-6-8-12(11)15)13(19)16-9-10-17-23(20,21)18(2)3/h5-8,17H,9-10H2,1-4H3,(H,16,19). The molecule has 0 aromatic heterocycles. The monoisotopic (exact) mass is 347 g/mol. The molecule has 1 rings (SSSR count). The van der Waals surface area contributed by atoms with E-state index < -0.39 is 27.5 Å². The van der Waals surface area contributed by atoms with Gasteiger partial charge >= 0.3 is 0 Å². The normalized spacial score (nSPS) is 14.5. The molecule has 9 heteroatoms. The molecule has 0 aliphatic heterocycles.